The van der Waals surface area contributed by atoms with Crippen LogP contribution < -0.4 is 4.52 Å². The predicted molar refractivity (Wildman–Crippen MR) is 81.6 cm³/mol. The lowest BCUT2D eigenvalue weighted by atomic mass is 9.92. The van der Waals surface area contributed by atoms with Crippen LogP contribution in [0.5, 0.6) is 17.2 Å². The zero-order chi connectivity index (χ0) is 17.2. The highest BCUT2D eigenvalue weighted by molar-refractivity contribution is 7.46. The Morgan fingerprint density at radius 3 is 2.35 bits per heavy atom. The van der Waals surface area contributed by atoms with Crippen molar-refractivity contribution < 1.29 is 33.9 Å². The summed E-state index contributed by atoms with van der Waals surface area (Å²) in [4.78, 5) is 30.4. The maximum atomic E-state index is 12.6. The van der Waals surface area contributed by atoms with Gasteiger partial charge in [-0.25, -0.2) is 4.57 Å². The Bertz CT molecular complexity index is 781. The normalized spacial score (nSPS) is 12.7. The molecular formula is C15H15O7P. The monoisotopic (exact) mass is 338 g/mol. The highest BCUT2D eigenvalue weighted by Gasteiger charge is 2.25. The summed E-state index contributed by atoms with van der Waals surface area (Å²) in [5, 5.41) is 18.9. The highest BCUT2D eigenvalue weighted by Crippen LogP contribution is 2.41. The summed E-state index contributed by atoms with van der Waals surface area (Å²) in [6.45, 7) is 1.59. The van der Waals surface area contributed by atoms with Gasteiger partial charge in [-0.15, -0.1) is 0 Å². The van der Waals surface area contributed by atoms with Gasteiger partial charge in [-0.05, 0) is 29.8 Å². The smallest absolute Gasteiger partial charge is 0.508 e. The first-order valence-corrected chi connectivity index (χ1v) is 8.12. The van der Waals surface area contributed by atoms with E-state index in [1.165, 1.54) is 24.3 Å². The van der Waals surface area contributed by atoms with Crippen LogP contribution >= 0.6 is 7.82 Å². The number of phosphoric ester groups is 1. The summed E-state index contributed by atoms with van der Waals surface area (Å²) >= 11 is 0. The SMILES string of the molecule is CC(C(=O)c1ccc(O)cc1OP(=O)(O)O)c1cccc(O)c1. The lowest BCUT2D eigenvalue weighted by Crippen LogP contribution is -2.11. The van der Waals surface area contributed by atoms with Gasteiger partial charge in [0.25, 0.3) is 0 Å². The Balaban J connectivity index is 2.40. The molecule has 23 heavy (non-hydrogen) atoms. The molecule has 0 aromatic heterocycles. The van der Waals surface area contributed by atoms with E-state index in [1.54, 1.807) is 19.1 Å². The van der Waals surface area contributed by atoms with Crippen molar-refractivity contribution in [2.24, 2.45) is 0 Å². The van der Waals surface area contributed by atoms with Crippen molar-refractivity contribution in [2.45, 2.75) is 12.8 Å². The minimum atomic E-state index is -4.89. The Morgan fingerprint density at radius 2 is 1.74 bits per heavy atom. The second-order valence-corrected chi connectivity index (χ2v) is 6.11. The van der Waals surface area contributed by atoms with Gasteiger partial charge in [0.1, 0.15) is 17.2 Å². The van der Waals surface area contributed by atoms with Crippen LogP contribution in [0, 0.1) is 0 Å². The van der Waals surface area contributed by atoms with Gasteiger partial charge in [0.05, 0.1) is 5.56 Å². The summed E-state index contributed by atoms with van der Waals surface area (Å²) in [5.41, 5.74) is 0.451. The van der Waals surface area contributed by atoms with Crippen LogP contribution in [0.25, 0.3) is 0 Å². The first-order valence-electron chi connectivity index (χ1n) is 6.58. The van der Waals surface area contributed by atoms with Gasteiger partial charge < -0.3 is 14.7 Å². The Labute approximate surface area is 132 Å². The summed E-state index contributed by atoms with van der Waals surface area (Å²) < 4.78 is 15.5. The molecule has 1 unspecified atom stereocenters. The third kappa shape index (κ3) is 4.32. The third-order valence-electron chi connectivity index (χ3n) is 3.21. The number of ketones is 1. The third-order valence-corrected chi connectivity index (χ3v) is 3.65. The van der Waals surface area contributed by atoms with Crippen molar-refractivity contribution >= 4 is 13.6 Å². The number of rotatable bonds is 5. The molecule has 0 amide bonds. The highest BCUT2D eigenvalue weighted by atomic mass is 31.2. The van der Waals surface area contributed by atoms with Gasteiger partial charge >= 0.3 is 7.82 Å². The van der Waals surface area contributed by atoms with E-state index >= 15 is 0 Å². The van der Waals surface area contributed by atoms with Crippen LogP contribution in [0.4, 0.5) is 0 Å². The number of phenols is 2. The van der Waals surface area contributed by atoms with E-state index in [1.807, 2.05) is 0 Å². The van der Waals surface area contributed by atoms with Crippen molar-refractivity contribution in [2.75, 3.05) is 0 Å². The molecule has 0 aliphatic carbocycles. The molecule has 2 aromatic carbocycles. The molecule has 0 aliphatic rings. The molecule has 2 aromatic rings. The Kier molecular flexibility index (Phi) is 4.75. The number of hydrogen-bond acceptors (Lipinski definition) is 5. The van der Waals surface area contributed by atoms with E-state index in [-0.39, 0.29) is 17.1 Å². The molecule has 0 saturated heterocycles. The molecule has 2 rings (SSSR count). The van der Waals surface area contributed by atoms with E-state index in [0.717, 1.165) is 6.07 Å². The number of Topliss-reactive ketones (excluding diaryl/α,β-unsaturated/α-hetero) is 1. The van der Waals surface area contributed by atoms with E-state index in [2.05, 4.69) is 4.52 Å². The van der Waals surface area contributed by atoms with E-state index < -0.39 is 25.3 Å². The van der Waals surface area contributed by atoms with Crippen LogP contribution in [0.1, 0.15) is 28.8 Å². The zero-order valence-electron chi connectivity index (χ0n) is 12.1. The fourth-order valence-corrected chi connectivity index (χ4v) is 2.50. The Hall–Kier alpha value is -2.34. The number of hydrogen-bond donors (Lipinski definition) is 4. The largest absolute Gasteiger partial charge is 0.524 e. The molecular weight excluding hydrogens is 323 g/mol. The second-order valence-electron chi connectivity index (χ2n) is 4.94. The molecule has 0 aliphatic heterocycles. The molecule has 0 saturated carbocycles. The van der Waals surface area contributed by atoms with Gasteiger partial charge in [0.2, 0.25) is 0 Å². The van der Waals surface area contributed by atoms with Gasteiger partial charge in [0.15, 0.2) is 5.78 Å². The van der Waals surface area contributed by atoms with Gasteiger partial charge in [-0.2, -0.15) is 0 Å². The maximum absolute atomic E-state index is 12.6. The summed E-state index contributed by atoms with van der Waals surface area (Å²) in [6, 6.07) is 9.51. The molecule has 1 atom stereocenters. The lowest BCUT2D eigenvalue weighted by Gasteiger charge is -2.15. The fraction of sp³-hybridized carbons (Fsp3) is 0.133. The molecule has 0 heterocycles. The Morgan fingerprint density at radius 1 is 1.09 bits per heavy atom. The molecule has 0 radical (unpaired) electrons. The van der Waals surface area contributed by atoms with E-state index in [9.17, 15) is 19.6 Å². The zero-order valence-corrected chi connectivity index (χ0v) is 13.0. The molecule has 0 bridgehead atoms. The summed E-state index contributed by atoms with van der Waals surface area (Å²) in [6.07, 6.45) is 0. The first kappa shape index (κ1) is 17.0. The van der Waals surface area contributed by atoms with Crippen LogP contribution in [0.3, 0.4) is 0 Å². The standard InChI is InChI=1S/C15H15O7P/c1-9(10-3-2-4-11(16)7-10)15(18)13-6-5-12(17)8-14(13)22-23(19,20)21/h2-9,16-17H,1H3,(H2,19,20,21). The van der Waals surface area contributed by atoms with Crippen molar-refractivity contribution in [3.63, 3.8) is 0 Å². The number of carbonyl (C=O) groups excluding carboxylic acids is 1. The minimum absolute atomic E-state index is 0.000419. The van der Waals surface area contributed by atoms with Gasteiger partial charge in [-0.3, -0.25) is 14.6 Å². The number of phenolic OH excluding ortho intramolecular Hbond substituents is 2. The number of benzene rings is 2. The van der Waals surface area contributed by atoms with Crippen LogP contribution in [-0.2, 0) is 4.57 Å². The number of phosphoric acid groups is 1. The van der Waals surface area contributed by atoms with E-state index in [4.69, 9.17) is 9.79 Å². The summed E-state index contributed by atoms with van der Waals surface area (Å²) in [5.74, 6) is -1.87. The van der Waals surface area contributed by atoms with Crippen LogP contribution in [0.15, 0.2) is 42.5 Å². The molecule has 7 nitrogen and oxygen atoms in total. The van der Waals surface area contributed by atoms with E-state index in [0.29, 0.717) is 5.56 Å². The second kappa shape index (κ2) is 6.42. The van der Waals surface area contributed by atoms with Crippen molar-refractivity contribution in [3.05, 3.63) is 53.6 Å². The maximum Gasteiger partial charge on any atom is 0.524 e. The van der Waals surface area contributed by atoms with Gasteiger partial charge in [-0.1, -0.05) is 19.1 Å². The van der Waals surface area contributed by atoms with Gasteiger partial charge in [0, 0.05) is 12.0 Å². The number of aromatic hydroxyl groups is 2. The molecule has 0 spiro atoms. The molecule has 4 N–H and O–H groups in total. The first-order chi connectivity index (χ1) is 10.7. The average Bonchev–Trinajstić information content (AvgIpc) is 2.44. The molecule has 8 heteroatoms. The lowest BCUT2D eigenvalue weighted by molar-refractivity contribution is 0.0964. The van der Waals surface area contributed by atoms with Crippen LogP contribution in [-0.4, -0.2) is 25.8 Å². The predicted octanol–water partition coefficient (Wildman–Crippen LogP) is 2.56. The average molecular weight is 338 g/mol. The fourth-order valence-electron chi connectivity index (χ4n) is 2.10. The summed E-state index contributed by atoms with van der Waals surface area (Å²) in [7, 11) is -4.89. The quantitative estimate of drug-likeness (QED) is 0.488. The minimum Gasteiger partial charge on any atom is -0.508 e. The van der Waals surface area contributed by atoms with Crippen molar-refractivity contribution in [1.29, 1.82) is 0 Å². The van der Waals surface area contributed by atoms with Crippen LogP contribution in [0.2, 0.25) is 0 Å². The molecule has 0 fully saturated rings. The van der Waals surface area contributed by atoms with Crippen molar-refractivity contribution in [1.82, 2.24) is 0 Å². The number of carbonyl (C=O) groups is 1. The van der Waals surface area contributed by atoms with Crippen molar-refractivity contribution in [3.8, 4) is 17.2 Å². The topological polar surface area (TPSA) is 124 Å². The molecule has 122 valence electrons.